The number of nitrogens with zero attached hydrogens (tertiary/aromatic N) is 1. The first kappa shape index (κ1) is 29.1. The molecule has 9 heteroatoms. The van der Waals surface area contributed by atoms with Crippen molar-refractivity contribution in [1.82, 2.24) is 15.5 Å². The molecular weight excluding hydrogens is 462 g/mol. The van der Waals surface area contributed by atoms with Crippen LogP contribution in [-0.4, -0.2) is 59.6 Å². The Kier molecular flexibility index (Phi) is 10.3. The predicted molar refractivity (Wildman–Crippen MR) is 136 cm³/mol. The van der Waals surface area contributed by atoms with Crippen molar-refractivity contribution in [3.05, 3.63) is 34.9 Å². The number of rotatable bonds is 10. The topological polar surface area (TPSA) is 114 Å². The third-order valence-corrected chi connectivity index (χ3v) is 5.85. The first-order chi connectivity index (χ1) is 16.8. The van der Waals surface area contributed by atoms with Crippen LogP contribution in [0.3, 0.4) is 0 Å². The molecule has 36 heavy (non-hydrogen) atoms. The number of esters is 1. The van der Waals surface area contributed by atoms with E-state index in [0.29, 0.717) is 5.56 Å². The highest BCUT2D eigenvalue weighted by molar-refractivity contribution is 5.92. The van der Waals surface area contributed by atoms with Gasteiger partial charge in [-0.3, -0.25) is 14.4 Å². The van der Waals surface area contributed by atoms with Gasteiger partial charge in [-0.25, -0.2) is 4.79 Å². The van der Waals surface area contributed by atoms with Crippen molar-refractivity contribution in [3.63, 3.8) is 0 Å². The summed E-state index contributed by atoms with van der Waals surface area (Å²) in [5.74, 6) is -1.15. The average Bonchev–Trinajstić information content (AvgIpc) is 2.69. The number of ether oxygens (including phenoxy) is 2. The van der Waals surface area contributed by atoms with Crippen molar-refractivity contribution >= 4 is 23.9 Å². The summed E-state index contributed by atoms with van der Waals surface area (Å²) >= 11 is 0. The van der Waals surface area contributed by atoms with Gasteiger partial charge >= 0.3 is 12.1 Å². The second-order valence-electron chi connectivity index (χ2n) is 10.4. The van der Waals surface area contributed by atoms with E-state index < -0.39 is 29.7 Å². The van der Waals surface area contributed by atoms with E-state index in [-0.39, 0.29) is 37.4 Å². The van der Waals surface area contributed by atoms with E-state index in [2.05, 4.69) is 10.6 Å². The SMILES string of the molecule is CCOC(=O)CCNC(=O)C(c1cc(C)cc(C)c1)N(C(=O)C(C)NC(=O)OC(C)(C)C)C1CCC1. The molecule has 1 aliphatic rings. The van der Waals surface area contributed by atoms with E-state index in [0.717, 1.165) is 30.4 Å². The van der Waals surface area contributed by atoms with Crippen molar-refractivity contribution in [3.8, 4) is 0 Å². The van der Waals surface area contributed by atoms with Gasteiger partial charge in [0.25, 0.3) is 0 Å². The van der Waals surface area contributed by atoms with Crippen LogP contribution in [0.15, 0.2) is 18.2 Å². The third-order valence-electron chi connectivity index (χ3n) is 5.85. The van der Waals surface area contributed by atoms with Gasteiger partial charge in [0.2, 0.25) is 11.8 Å². The Morgan fingerprint density at radius 3 is 2.19 bits per heavy atom. The Bertz CT molecular complexity index is 931. The van der Waals surface area contributed by atoms with Crippen molar-refractivity contribution in [2.24, 2.45) is 0 Å². The van der Waals surface area contributed by atoms with Gasteiger partial charge in [0.15, 0.2) is 0 Å². The number of hydrogen-bond donors (Lipinski definition) is 2. The van der Waals surface area contributed by atoms with Crippen LogP contribution in [0.2, 0.25) is 0 Å². The summed E-state index contributed by atoms with van der Waals surface area (Å²) in [4.78, 5) is 53.0. The average molecular weight is 504 g/mol. The van der Waals surface area contributed by atoms with E-state index in [4.69, 9.17) is 9.47 Å². The van der Waals surface area contributed by atoms with Gasteiger partial charge in [-0.15, -0.1) is 0 Å². The van der Waals surface area contributed by atoms with Crippen LogP contribution in [0, 0.1) is 13.8 Å². The molecule has 0 radical (unpaired) electrons. The van der Waals surface area contributed by atoms with E-state index in [1.165, 1.54) is 0 Å². The number of benzene rings is 1. The molecule has 2 rings (SSSR count). The van der Waals surface area contributed by atoms with Crippen molar-refractivity contribution < 1.29 is 28.7 Å². The number of carbonyl (C=O) groups is 4. The fraction of sp³-hybridized carbons (Fsp3) is 0.630. The van der Waals surface area contributed by atoms with Crippen LogP contribution in [0.25, 0.3) is 0 Å². The smallest absolute Gasteiger partial charge is 0.408 e. The molecule has 200 valence electrons. The van der Waals surface area contributed by atoms with Gasteiger partial charge in [-0.1, -0.05) is 29.3 Å². The molecule has 0 aliphatic heterocycles. The summed E-state index contributed by atoms with van der Waals surface area (Å²) in [6.45, 7) is 12.8. The second kappa shape index (κ2) is 12.7. The molecule has 1 aromatic carbocycles. The Labute approximate surface area is 214 Å². The van der Waals surface area contributed by atoms with Gasteiger partial charge in [-0.05, 0) is 73.3 Å². The van der Waals surface area contributed by atoms with Crippen molar-refractivity contribution in [2.45, 2.75) is 97.9 Å². The molecule has 0 saturated heterocycles. The fourth-order valence-corrected chi connectivity index (χ4v) is 4.18. The van der Waals surface area contributed by atoms with Gasteiger partial charge in [-0.2, -0.15) is 0 Å². The monoisotopic (exact) mass is 503 g/mol. The normalized spacial score (nSPS) is 15.2. The third kappa shape index (κ3) is 8.53. The Morgan fingerprint density at radius 1 is 1.08 bits per heavy atom. The lowest BCUT2D eigenvalue weighted by atomic mass is 9.87. The highest BCUT2D eigenvalue weighted by Crippen LogP contribution is 2.34. The van der Waals surface area contributed by atoms with Crippen LogP contribution in [0.4, 0.5) is 4.79 Å². The molecule has 0 heterocycles. The zero-order valence-electron chi connectivity index (χ0n) is 22.6. The lowest BCUT2D eigenvalue weighted by Gasteiger charge is -2.43. The molecule has 0 bridgehead atoms. The minimum absolute atomic E-state index is 0.0348. The molecule has 2 atom stereocenters. The lowest BCUT2D eigenvalue weighted by molar-refractivity contribution is -0.147. The lowest BCUT2D eigenvalue weighted by Crippen LogP contribution is -2.56. The number of amides is 3. The summed E-state index contributed by atoms with van der Waals surface area (Å²) in [5.41, 5.74) is 1.91. The predicted octanol–water partition coefficient (Wildman–Crippen LogP) is 3.71. The number of hydrogen-bond acceptors (Lipinski definition) is 6. The van der Waals surface area contributed by atoms with Gasteiger partial charge in [0.1, 0.15) is 17.7 Å². The van der Waals surface area contributed by atoms with E-state index >= 15 is 0 Å². The first-order valence-electron chi connectivity index (χ1n) is 12.7. The first-order valence-corrected chi connectivity index (χ1v) is 12.7. The maximum absolute atomic E-state index is 13.7. The maximum Gasteiger partial charge on any atom is 0.408 e. The zero-order valence-corrected chi connectivity index (χ0v) is 22.6. The Morgan fingerprint density at radius 2 is 1.69 bits per heavy atom. The zero-order chi connectivity index (χ0) is 27.0. The highest BCUT2D eigenvalue weighted by atomic mass is 16.6. The minimum atomic E-state index is -0.911. The highest BCUT2D eigenvalue weighted by Gasteiger charge is 2.41. The van der Waals surface area contributed by atoms with Gasteiger partial charge in [0.05, 0.1) is 13.0 Å². The molecule has 1 aromatic rings. The summed E-state index contributed by atoms with van der Waals surface area (Å²) in [5, 5.41) is 5.43. The van der Waals surface area contributed by atoms with Crippen LogP contribution in [0.1, 0.15) is 83.0 Å². The van der Waals surface area contributed by atoms with Gasteiger partial charge in [0, 0.05) is 12.6 Å². The standard InChI is InChI=1S/C27H41N3O6/c1-8-35-22(31)12-13-28-24(32)23(20-15-17(2)14-18(3)16-20)30(21-10-9-11-21)25(33)19(4)29-26(34)36-27(5,6)7/h14-16,19,21,23H,8-13H2,1-7H3,(H,28,32)(H,29,34). The van der Waals surface area contributed by atoms with Crippen LogP contribution < -0.4 is 10.6 Å². The van der Waals surface area contributed by atoms with E-state index in [1.54, 1.807) is 39.5 Å². The second-order valence-corrected chi connectivity index (χ2v) is 10.4. The molecule has 1 saturated carbocycles. The molecule has 1 aliphatic carbocycles. The van der Waals surface area contributed by atoms with Crippen LogP contribution in [0.5, 0.6) is 0 Å². The molecule has 2 N–H and O–H groups in total. The number of carbonyl (C=O) groups excluding carboxylic acids is 4. The van der Waals surface area contributed by atoms with Crippen molar-refractivity contribution in [2.75, 3.05) is 13.2 Å². The van der Waals surface area contributed by atoms with E-state index in [1.807, 2.05) is 32.0 Å². The minimum Gasteiger partial charge on any atom is -0.466 e. The van der Waals surface area contributed by atoms with Crippen molar-refractivity contribution in [1.29, 1.82) is 0 Å². The number of aryl methyl sites for hydroxylation is 2. The molecule has 0 spiro atoms. The molecule has 0 aromatic heterocycles. The van der Waals surface area contributed by atoms with Crippen LogP contribution in [-0.2, 0) is 23.9 Å². The van der Waals surface area contributed by atoms with E-state index in [9.17, 15) is 19.2 Å². The molecular formula is C27H41N3O6. The quantitative estimate of drug-likeness (QED) is 0.471. The number of nitrogens with one attached hydrogen (secondary N) is 2. The maximum atomic E-state index is 13.7. The fourth-order valence-electron chi connectivity index (χ4n) is 4.18. The Hall–Kier alpha value is -3.10. The summed E-state index contributed by atoms with van der Waals surface area (Å²) < 4.78 is 10.3. The summed E-state index contributed by atoms with van der Waals surface area (Å²) in [6, 6.07) is 3.84. The van der Waals surface area contributed by atoms with Crippen LogP contribution >= 0.6 is 0 Å². The largest absolute Gasteiger partial charge is 0.466 e. The van der Waals surface area contributed by atoms with Gasteiger partial charge < -0.3 is 25.0 Å². The summed E-state index contributed by atoms with van der Waals surface area (Å²) in [6.07, 6.45) is 1.82. The molecule has 1 fully saturated rings. The molecule has 3 amide bonds. The number of alkyl carbamates (subject to hydrolysis) is 1. The summed E-state index contributed by atoms with van der Waals surface area (Å²) in [7, 11) is 0. The molecule has 9 nitrogen and oxygen atoms in total. The Balaban J connectivity index is 2.35. The molecule has 2 unspecified atom stereocenters.